The van der Waals surface area contributed by atoms with E-state index >= 15 is 0 Å². The van der Waals surface area contributed by atoms with Crippen LogP contribution in [0.25, 0.3) is 0 Å². The smallest absolute Gasteiger partial charge is 0.295 e. The number of aromatic nitrogens is 2. The van der Waals surface area contributed by atoms with E-state index in [1.54, 1.807) is 12.1 Å². The van der Waals surface area contributed by atoms with Crippen LogP contribution in [0.4, 0.5) is 14.6 Å². The van der Waals surface area contributed by atoms with Gasteiger partial charge < -0.3 is 10.4 Å². The van der Waals surface area contributed by atoms with E-state index in [0.29, 0.717) is 17.9 Å². The maximum absolute atomic E-state index is 13.6. The van der Waals surface area contributed by atoms with Crippen molar-refractivity contribution in [1.29, 1.82) is 0 Å². The Kier molecular flexibility index (Phi) is 4.96. The molecule has 4 nitrogen and oxygen atoms in total. The third-order valence-electron chi connectivity index (χ3n) is 4.16. The summed E-state index contributed by atoms with van der Waals surface area (Å²) < 4.78 is 27.2. The lowest BCUT2D eigenvalue weighted by atomic mass is 9.96. The highest BCUT2D eigenvalue weighted by Crippen LogP contribution is 2.29. The van der Waals surface area contributed by atoms with Gasteiger partial charge in [0.25, 0.3) is 5.92 Å². The van der Waals surface area contributed by atoms with E-state index in [1.165, 1.54) is 12.1 Å². The van der Waals surface area contributed by atoms with Gasteiger partial charge in [-0.25, -0.2) is 9.97 Å². The Bertz CT molecular complexity index is 740. The molecule has 0 saturated carbocycles. The molecule has 0 saturated heterocycles. The van der Waals surface area contributed by atoms with Crippen molar-refractivity contribution in [2.75, 3.05) is 11.9 Å². The zero-order valence-corrected chi connectivity index (χ0v) is 13.8. The lowest BCUT2D eigenvalue weighted by Crippen LogP contribution is -2.19. The number of aliphatic hydroxyl groups is 1. The van der Waals surface area contributed by atoms with Crippen molar-refractivity contribution in [3.63, 3.8) is 0 Å². The molecular weight excluding hydrogens is 336 g/mol. The Balaban J connectivity index is 1.79. The molecule has 0 radical (unpaired) electrons. The number of halogens is 3. The molecular formula is C17H18ClF2N3O. The van der Waals surface area contributed by atoms with Gasteiger partial charge in [0, 0.05) is 17.7 Å². The first-order valence-electron chi connectivity index (χ1n) is 7.87. The van der Waals surface area contributed by atoms with E-state index in [-0.39, 0.29) is 10.8 Å². The molecule has 1 aromatic carbocycles. The summed E-state index contributed by atoms with van der Waals surface area (Å²) in [6.07, 6.45) is 3.92. The zero-order valence-electron chi connectivity index (χ0n) is 13.0. The van der Waals surface area contributed by atoms with Gasteiger partial charge in [-0.05, 0) is 48.9 Å². The number of nitrogens with one attached hydrogen (secondary N) is 1. The fraction of sp³-hybridized carbons (Fsp3) is 0.412. The summed E-state index contributed by atoms with van der Waals surface area (Å²) in [7, 11) is 0. The van der Waals surface area contributed by atoms with Gasteiger partial charge in [0.15, 0.2) is 0 Å². The summed E-state index contributed by atoms with van der Waals surface area (Å²) in [6.45, 7) is -0.867. The van der Waals surface area contributed by atoms with Gasteiger partial charge in [0.2, 0.25) is 5.28 Å². The lowest BCUT2D eigenvalue weighted by Gasteiger charge is -2.19. The predicted molar refractivity (Wildman–Crippen MR) is 88.4 cm³/mol. The van der Waals surface area contributed by atoms with Crippen molar-refractivity contribution in [2.24, 2.45) is 0 Å². The monoisotopic (exact) mass is 353 g/mol. The van der Waals surface area contributed by atoms with E-state index in [2.05, 4.69) is 15.3 Å². The number of anilines is 1. The van der Waals surface area contributed by atoms with Crippen LogP contribution in [0.5, 0.6) is 0 Å². The fourth-order valence-electron chi connectivity index (χ4n) is 2.90. The minimum Gasteiger partial charge on any atom is -0.390 e. The minimum atomic E-state index is -3.24. The van der Waals surface area contributed by atoms with Gasteiger partial charge in [-0.15, -0.1) is 0 Å². The number of nitrogens with zero attached hydrogens (tertiary/aromatic N) is 2. The lowest BCUT2D eigenvalue weighted by molar-refractivity contribution is -0.0556. The highest BCUT2D eigenvalue weighted by molar-refractivity contribution is 6.28. The Morgan fingerprint density at radius 2 is 2.00 bits per heavy atom. The van der Waals surface area contributed by atoms with Crippen LogP contribution in [0.3, 0.4) is 0 Å². The van der Waals surface area contributed by atoms with Crippen molar-refractivity contribution in [3.8, 4) is 0 Å². The number of alkyl halides is 2. The summed E-state index contributed by atoms with van der Waals surface area (Å²) in [6, 6.07) is 6.00. The third kappa shape index (κ3) is 3.65. The highest BCUT2D eigenvalue weighted by atomic mass is 35.5. The van der Waals surface area contributed by atoms with Crippen molar-refractivity contribution < 1.29 is 13.9 Å². The molecule has 0 unspecified atom stereocenters. The Labute approximate surface area is 143 Å². The molecule has 0 amide bonds. The summed E-state index contributed by atoms with van der Waals surface area (Å²) in [5.41, 5.74) is 2.50. The second-order valence-electron chi connectivity index (χ2n) is 5.89. The molecule has 128 valence electrons. The van der Waals surface area contributed by atoms with Crippen molar-refractivity contribution in [3.05, 3.63) is 51.9 Å². The summed E-state index contributed by atoms with van der Waals surface area (Å²) in [4.78, 5) is 8.52. The molecule has 2 aromatic rings. The number of hydrogen-bond donors (Lipinski definition) is 2. The molecule has 0 fully saturated rings. The Morgan fingerprint density at radius 3 is 2.79 bits per heavy atom. The largest absolute Gasteiger partial charge is 0.390 e. The van der Waals surface area contributed by atoms with E-state index in [0.717, 1.165) is 36.9 Å². The highest BCUT2D eigenvalue weighted by Gasteiger charge is 2.30. The van der Waals surface area contributed by atoms with E-state index in [1.807, 2.05) is 0 Å². The van der Waals surface area contributed by atoms with Crippen molar-refractivity contribution in [1.82, 2.24) is 9.97 Å². The van der Waals surface area contributed by atoms with E-state index < -0.39 is 12.5 Å². The molecule has 0 atom stereocenters. The van der Waals surface area contributed by atoms with Crippen molar-refractivity contribution in [2.45, 2.75) is 38.2 Å². The quantitative estimate of drug-likeness (QED) is 0.805. The van der Waals surface area contributed by atoms with Crippen LogP contribution in [0.1, 0.15) is 35.2 Å². The summed E-state index contributed by atoms with van der Waals surface area (Å²) >= 11 is 5.98. The van der Waals surface area contributed by atoms with Crippen LogP contribution in [-0.4, -0.2) is 21.7 Å². The first-order valence-corrected chi connectivity index (χ1v) is 8.24. The van der Waals surface area contributed by atoms with Crippen LogP contribution in [0, 0.1) is 0 Å². The molecule has 2 N–H and O–H groups in total. The molecule has 24 heavy (non-hydrogen) atoms. The van der Waals surface area contributed by atoms with Gasteiger partial charge in [-0.2, -0.15) is 8.78 Å². The zero-order chi connectivity index (χ0) is 17.2. The average molecular weight is 354 g/mol. The fourth-order valence-corrected chi connectivity index (χ4v) is 3.08. The van der Waals surface area contributed by atoms with Crippen LogP contribution < -0.4 is 5.32 Å². The molecule has 0 spiro atoms. The van der Waals surface area contributed by atoms with Crippen LogP contribution >= 0.6 is 11.6 Å². The number of fused-ring (bicyclic) bond motifs is 1. The SMILES string of the molecule is OCC(F)(F)c1cccc(CNc2nc(Cl)nc3c2CCCC3)c1. The normalized spacial score (nSPS) is 14.3. The van der Waals surface area contributed by atoms with Crippen LogP contribution in [0.15, 0.2) is 24.3 Å². The maximum Gasteiger partial charge on any atom is 0.295 e. The van der Waals surface area contributed by atoms with Gasteiger partial charge in [0.05, 0.1) is 5.69 Å². The van der Waals surface area contributed by atoms with Gasteiger partial charge in [-0.3, -0.25) is 0 Å². The van der Waals surface area contributed by atoms with Crippen LogP contribution in [-0.2, 0) is 25.3 Å². The van der Waals surface area contributed by atoms with Crippen molar-refractivity contribution >= 4 is 17.4 Å². The Hall–Kier alpha value is -1.79. The Morgan fingerprint density at radius 1 is 1.21 bits per heavy atom. The molecule has 0 bridgehead atoms. The molecule has 1 heterocycles. The first kappa shape index (κ1) is 17.0. The van der Waals surface area contributed by atoms with E-state index in [4.69, 9.17) is 16.7 Å². The maximum atomic E-state index is 13.6. The number of aliphatic hydroxyl groups excluding tert-OH is 1. The number of hydrogen-bond acceptors (Lipinski definition) is 4. The first-order chi connectivity index (χ1) is 11.5. The molecule has 0 aliphatic heterocycles. The van der Waals surface area contributed by atoms with Crippen LogP contribution in [0.2, 0.25) is 5.28 Å². The number of rotatable bonds is 5. The second-order valence-corrected chi connectivity index (χ2v) is 6.23. The van der Waals surface area contributed by atoms with Gasteiger partial charge in [-0.1, -0.05) is 18.2 Å². The van der Waals surface area contributed by atoms with Gasteiger partial charge >= 0.3 is 0 Å². The predicted octanol–water partition coefficient (Wildman–Crippen LogP) is 3.71. The van der Waals surface area contributed by atoms with E-state index in [9.17, 15) is 8.78 Å². The molecule has 7 heteroatoms. The molecule has 3 rings (SSSR count). The molecule has 1 aliphatic rings. The van der Waals surface area contributed by atoms with Gasteiger partial charge in [0.1, 0.15) is 12.4 Å². The average Bonchev–Trinajstić information content (AvgIpc) is 2.59. The topological polar surface area (TPSA) is 58.0 Å². The number of benzene rings is 1. The summed E-state index contributed by atoms with van der Waals surface area (Å²) in [5, 5.41) is 12.2. The number of aryl methyl sites for hydroxylation is 1. The third-order valence-corrected chi connectivity index (χ3v) is 4.33. The molecule has 1 aliphatic carbocycles. The standard InChI is InChI=1S/C17H18ClF2N3O/c18-16-22-14-7-2-1-6-13(14)15(23-16)21-9-11-4-3-5-12(8-11)17(19,20)10-24/h3-5,8,24H,1-2,6-7,9-10H2,(H,21,22,23). The second kappa shape index (κ2) is 6.99. The summed E-state index contributed by atoms with van der Waals surface area (Å²) in [5.74, 6) is -2.57. The molecule has 1 aromatic heterocycles. The minimum absolute atomic E-state index is 0.193.